The highest BCUT2D eigenvalue weighted by atomic mass is 32.5. The van der Waals surface area contributed by atoms with Crippen molar-refractivity contribution in [3.63, 3.8) is 0 Å². The van der Waals surface area contributed by atoms with Crippen molar-refractivity contribution in [1.29, 1.82) is 0 Å². The molecule has 0 aliphatic carbocycles. The van der Waals surface area contributed by atoms with Crippen molar-refractivity contribution in [3.8, 4) is 0 Å². The molecule has 0 aliphatic rings. The topological polar surface area (TPSA) is 85.2 Å². The van der Waals surface area contributed by atoms with Gasteiger partial charge >= 0.3 is 12.7 Å². The van der Waals surface area contributed by atoms with Crippen molar-refractivity contribution < 1.29 is 28.6 Å². The SMILES string of the molecule is CCCCCCCCCCCCCC(=O)OC(COC)COP(O)(O)=S. The van der Waals surface area contributed by atoms with E-state index < -0.39 is 12.8 Å². The molecule has 156 valence electrons. The number of hydrogen-bond donors (Lipinski definition) is 2. The fraction of sp³-hybridized carbons (Fsp3) is 0.944. The van der Waals surface area contributed by atoms with Crippen LogP contribution in [0.1, 0.15) is 84.0 Å². The zero-order valence-corrected chi connectivity index (χ0v) is 18.1. The summed E-state index contributed by atoms with van der Waals surface area (Å²) >= 11 is 4.38. The van der Waals surface area contributed by atoms with E-state index in [-0.39, 0.29) is 19.2 Å². The second kappa shape index (κ2) is 17.1. The summed E-state index contributed by atoms with van der Waals surface area (Å²) in [6.07, 6.45) is 13.1. The van der Waals surface area contributed by atoms with E-state index in [1.807, 2.05) is 0 Å². The molecule has 0 spiro atoms. The Bertz CT molecular complexity index is 388. The molecule has 2 N–H and O–H groups in total. The van der Waals surface area contributed by atoms with E-state index in [0.717, 1.165) is 19.3 Å². The quantitative estimate of drug-likeness (QED) is 0.195. The largest absolute Gasteiger partial charge is 0.457 e. The Hall–Kier alpha value is -0.0400. The molecule has 0 aromatic heterocycles. The van der Waals surface area contributed by atoms with Crippen LogP contribution in [0, 0.1) is 0 Å². The monoisotopic (exact) mass is 412 g/mol. The number of carbonyl (C=O) groups is 1. The number of carbonyl (C=O) groups excluding carboxylic acids is 1. The first-order chi connectivity index (χ1) is 12.4. The van der Waals surface area contributed by atoms with Gasteiger partial charge in [0, 0.05) is 13.5 Å². The minimum atomic E-state index is -3.75. The van der Waals surface area contributed by atoms with Gasteiger partial charge < -0.3 is 23.8 Å². The first kappa shape index (κ1) is 26.0. The van der Waals surface area contributed by atoms with Crippen LogP contribution in [0.4, 0.5) is 0 Å². The summed E-state index contributed by atoms with van der Waals surface area (Å²) in [4.78, 5) is 30.0. The molecule has 6 nitrogen and oxygen atoms in total. The van der Waals surface area contributed by atoms with E-state index in [2.05, 4.69) is 18.7 Å². The summed E-state index contributed by atoms with van der Waals surface area (Å²) in [6, 6.07) is 0. The minimum Gasteiger partial charge on any atom is -0.457 e. The summed E-state index contributed by atoms with van der Waals surface area (Å²) in [7, 11) is 1.47. The van der Waals surface area contributed by atoms with Crippen molar-refractivity contribution >= 4 is 24.5 Å². The zero-order valence-electron chi connectivity index (χ0n) is 16.4. The highest BCUT2D eigenvalue weighted by Crippen LogP contribution is 2.36. The second-order valence-corrected chi connectivity index (χ2v) is 9.31. The Morgan fingerprint density at radius 3 is 1.88 bits per heavy atom. The minimum absolute atomic E-state index is 0.124. The number of hydrogen-bond acceptors (Lipinski definition) is 5. The van der Waals surface area contributed by atoms with Crippen molar-refractivity contribution in [1.82, 2.24) is 0 Å². The van der Waals surface area contributed by atoms with Gasteiger partial charge in [0.15, 0.2) is 0 Å². The molecule has 8 heteroatoms. The molecule has 1 atom stereocenters. The fourth-order valence-corrected chi connectivity index (χ4v) is 3.20. The smallest absolute Gasteiger partial charge is 0.322 e. The van der Waals surface area contributed by atoms with Crippen LogP contribution in [-0.2, 0) is 30.6 Å². The molecule has 0 aromatic rings. The van der Waals surface area contributed by atoms with Crippen LogP contribution >= 0.6 is 6.72 Å². The van der Waals surface area contributed by atoms with Gasteiger partial charge in [-0.05, 0) is 18.2 Å². The molecular weight excluding hydrogens is 375 g/mol. The fourth-order valence-electron chi connectivity index (χ4n) is 2.66. The summed E-state index contributed by atoms with van der Waals surface area (Å²) < 4.78 is 14.9. The average Bonchev–Trinajstić information content (AvgIpc) is 2.57. The lowest BCUT2D eigenvalue weighted by Crippen LogP contribution is -2.27. The second-order valence-electron chi connectivity index (χ2n) is 6.64. The van der Waals surface area contributed by atoms with E-state index in [4.69, 9.17) is 23.8 Å². The molecule has 0 saturated heterocycles. The maximum Gasteiger partial charge on any atom is 0.322 e. The third-order valence-corrected chi connectivity index (χ3v) is 4.87. The molecule has 0 rings (SSSR count). The molecule has 1 unspecified atom stereocenters. The molecule has 0 radical (unpaired) electrons. The predicted octanol–water partition coefficient (Wildman–Crippen LogP) is 4.47. The number of methoxy groups -OCH3 is 1. The maximum atomic E-state index is 11.8. The van der Waals surface area contributed by atoms with Gasteiger partial charge in [0.1, 0.15) is 6.10 Å². The van der Waals surface area contributed by atoms with Crippen LogP contribution in [0.15, 0.2) is 0 Å². The lowest BCUT2D eigenvalue weighted by molar-refractivity contribution is -0.153. The summed E-state index contributed by atoms with van der Waals surface area (Å²) in [5, 5.41) is 0. The lowest BCUT2D eigenvalue weighted by Gasteiger charge is -2.18. The molecule has 0 bridgehead atoms. The Morgan fingerprint density at radius 2 is 1.42 bits per heavy atom. The van der Waals surface area contributed by atoms with Gasteiger partial charge in [-0.15, -0.1) is 0 Å². The van der Waals surface area contributed by atoms with Crippen LogP contribution < -0.4 is 0 Å². The third-order valence-electron chi connectivity index (χ3n) is 4.06. The molecule has 0 fully saturated rings. The van der Waals surface area contributed by atoms with Crippen LogP contribution in [0.2, 0.25) is 0 Å². The molecule has 0 aliphatic heterocycles. The van der Waals surface area contributed by atoms with E-state index in [1.54, 1.807) is 0 Å². The van der Waals surface area contributed by atoms with Gasteiger partial charge in [0.2, 0.25) is 0 Å². The third kappa shape index (κ3) is 18.7. The first-order valence-corrected chi connectivity index (χ1v) is 12.4. The van der Waals surface area contributed by atoms with Crippen molar-refractivity contribution in [2.45, 2.75) is 90.1 Å². The van der Waals surface area contributed by atoms with Crippen LogP contribution in [0.3, 0.4) is 0 Å². The number of rotatable bonds is 18. The average molecular weight is 413 g/mol. The van der Waals surface area contributed by atoms with Gasteiger partial charge in [-0.1, -0.05) is 71.1 Å². The van der Waals surface area contributed by atoms with Gasteiger partial charge in [0.05, 0.1) is 13.2 Å². The Kier molecular flexibility index (Phi) is 17.1. The number of unbranched alkanes of at least 4 members (excludes halogenated alkanes) is 10. The summed E-state index contributed by atoms with van der Waals surface area (Å²) in [5.74, 6) is -0.323. The molecule has 0 aromatic carbocycles. The van der Waals surface area contributed by atoms with E-state index in [0.29, 0.717) is 6.42 Å². The van der Waals surface area contributed by atoms with Crippen molar-refractivity contribution in [3.05, 3.63) is 0 Å². The van der Waals surface area contributed by atoms with E-state index in [1.165, 1.54) is 58.5 Å². The Balaban J connectivity index is 3.63. The Labute approximate surface area is 163 Å². The van der Waals surface area contributed by atoms with Crippen molar-refractivity contribution in [2.75, 3.05) is 20.3 Å². The van der Waals surface area contributed by atoms with Crippen LogP contribution in [0.25, 0.3) is 0 Å². The number of esters is 1. The normalized spacial score (nSPS) is 12.9. The van der Waals surface area contributed by atoms with E-state index in [9.17, 15) is 4.79 Å². The van der Waals surface area contributed by atoms with E-state index >= 15 is 0 Å². The first-order valence-electron chi connectivity index (χ1n) is 9.77. The van der Waals surface area contributed by atoms with Gasteiger partial charge in [-0.3, -0.25) is 4.79 Å². The van der Waals surface area contributed by atoms with Crippen molar-refractivity contribution in [2.24, 2.45) is 0 Å². The lowest BCUT2D eigenvalue weighted by atomic mass is 10.1. The van der Waals surface area contributed by atoms with Gasteiger partial charge in [-0.25, -0.2) is 0 Å². The Morgan fingerprint density at radius 1 is 0.923 bits per heavy atom. The summed E-state index contributed by atoms with van der Waals surface area (Å²) in [5.41, 5.74) is 0. The number of ether oxygens (including phenoxy) is 2. The highest BCUT2D eigenvalue weighted by Gasteiger charge is 2.18. The zero-order chi connectivity index (χ0) is 19.7. The van der Waals surface area contributed by atoms with Crippen LogP contribution in [0.5, 0.6) is 0 Å². The van der Waals surface area contributed by atoms with Gasteiger partial charge in [0.25, 0.3) is 0 Å². The molecule has 26 heavy (non-hydrogen) atoms. The predicted molar refractivity (Wildman–Crippen MR) is 108 cm³/mol. The standard InChI is InChI=1S/C18H37O6PS/c1-3-4-5-6-7-8-9-10-11-12-13-14-18(19)24-17(15-22-2)16-23-25(20,21)26/h17H,3-16H2,1-2H3,(H2,20,21,26). The van der Waals surface area contributed by atoms with Crippen LogP contribution in [-0.4, -0.2) is 42.2 Å². The molecule has 0 saturated carbocycles. The molecule has 0 heterocycles. The highest BCUT2D eigenvalue weighted by molar-refractivity contribution is 8.06. The molecular formula is C18H37O6PS. The maximum absolute atomic E-state index is 11.8. The summed E-state index contributed by atoms with van der Waals surface area (Å²) in [6.45, 7) is -1.57. The van der Waals surface area contributed by atoms with Gasteiger partial charge in [-0.2, -0.15) is 0 Å². The molecule has 0 amide bonds.